The summed E-state index contributed by atoms with van der Waals surface area (Å²) in [5, 5.41) is 1.86. The minimum Gasteiger partial charge on any atom is -0.454 e. The number of nitrogens with zero attached hydrogens (tertiary/aromatic N) is 1. The molecule has 2 rings (SSSR count). The molecule has 2 heterocycles. The maximum atomic E-state index is 12.2. The average molecular weight is 363 g/mol. The predicted molar refractivity (Wildman–Crippen MR) is 94.7 cm³/mol. The fourth-order valence-corrected chi connectivity index (χ4v) is 2.71. The fraction of sp³-hybridized carbons (Fsp3) is 0.250. The van der Waals surface area contributed by atoms with E-state index < -0.39 is 29.6 Å². The highest BCUT2D eigenvalue weighted by molar-refractivity contribution is 7.10. The van der Waals surface area contributed by atoms with Gasteiger partial charge in [0, 0.05) is 17.5 Å². The molecule has 0 aliphatic rings. The van der Waals surface area contributed by atoms with Gasteiger partial charge in [-0.15, -0.1) is 11.3 Å². The largest absolute Gasteiger partial charge is 0.454 e. The van der Waals surface area contributed by atoms with Gasteiger partial charge in [-0.25, -0.2) is 9.59 Å². The third kappa shape index (κ3) is 4.54. The molecule has 0 bridgehead atoms. The van der Waals surface area contributed by atoms with Crippen molar-refractivity contribution in [2.24, 2.45) is 0 Å². The molecular formula is C16H17N3O5S. The Hall–Kier alpha value is -2.94. The Morgan fingerprint density at radius 1 is 1.40 bits per heavy atom. The maximum Gasteiger partial charge on any atom is 0.331 e. The summed E-state index contributed by atoms with van der Waals surface area (Å²) in [6.07, 6.45) is 3.33. The number of thiophene rings is 1. The predicted octanol–water partition coefficient (Wildman–Crippen LogP) is 1.03. The van der Waals surface area contributed by atoms with Crippen molar-refractivity contribution in [3.63, 3.8) is 0 Å². The van der Waals surface area contributed by atoms with Crippen LogP contribution in [0.2, 0.25) is 0 Å². The molecule has 0 saturated heterocycles. The van der Waals surface area contributed by atoms with E-state index in [1.165, 1.54) is 17.4 Å². The zero-order valence-corrected chi connectivity index (χ0v) is 14.3. The van der Waals surface area contributed by atoms with Gasteiger partial charge in [-0.1, -0.05) is 13.0 Å². The topological polar surface area (TPSA) is 124 Å². The molecule has 0 unspecified atom stereocenters. The molecular weight excluding hydrogens is 346 g/mol. The number of ether oxygens (including phenoxy) is 1. The van der Waals surface area contributed by atoms with E-state index in [1.54, 1.807) is 6.08 Å². The summed E-state index contributed by atoms with van der Waals surface area (Å²) in [6, 6.07) is 3.65. The fourth-order valence-electron chi connectivity index (χ4n) is 2.10. The maximum absolute atomic E-state index is 12.2. The molecule has 3 N–H and O–H groups in total. The summed E-state index contributed by atoms with van der Waals surface area (Å²) in [7, 11) is 0. The van der Waals surface area contributed by atoms with Gasteiger partial charge in [-0.2, -0.15) is 0 Å². The van der Waals surface area contributed by atoms with E-state index in [-0.39, 0.29) is 17.9 Å². The van der Waals surface area contributed by atoms with Crippen molar-refractivity contribution in [2.75, 3.05) is 12.3 Å². The minimum absolute atomic E-state index is 0.231. The van der Waals surface area contributed by atoms with Crippen molar-refractivity contribution in [3.05, 3.63) is 54.9 Å². The Kier molecular flexibility index (Phi) is 6.07. The third-order valence-corrected chi connectivity index (χ3v) is 4.08. The number of Topliss-reactive ketones (excluding diaryl/α,β-unsaturated/α-hetero) is 1. The van der Waals surface area contributed by atoms with Crippen LogP contribution in [0.1, 0.15) is 28.6 Å². The standard InChI is InChI=1S/C16H17N3O5S/c1-2-7-19-14(17)13(15(22)18-16(19)23)11(20)9-24-12(21)6-5-10-4-3-8-25-10/h3-6,8H,2,7,9,17H2,1H3,(H,18,22,23)/b6-5+. The summed E-state index contributed by atoms with van der Waals surface area (Å²) < 4.78 is 5.93. The van der Waals surface area contributed by atoms with Crippen molar-refractivity contribution < 1.29 is 14.3 Å². The number of nitrogens with two attached hydrogens (primary N) is 1. The Labute approximate surface area is 146 Å². The molecule has 25 heavy (non-hydrogen) atoms. The Balaban J connectivity index is 2.10. The molecule has 0 amide bonds. The Bertz CT molecular complexity index is 909. The zero-order chi connectivity index (χ0) is 18.4. The molecule has 0 saturated carbocycles. The van der Waals surface area contributed by atoms with E-state index in [9.17, 15) is 19.2 Å². The van der Waals surface area contributed by atoms with Gasteiger partial charge in [0.1, 0.15) is 11.4 Å². The molecule has 0 atom stereocenters. The highest BCUT2D eigenvalue weighted by Crippen LogP contribution is 2.10. The number of nitrogens with one attached hydrogen (secondary N) is 1. The van der Waals surface area contributed by atoms with Gasteiger partial charge in [-0.05, 0) is 23.9 Å². The monoisotopic (exact) mass is 363 g/mol. The van der Waals surface area contributed by atoms with Crippen LogP contribution in [0.3, 0.4) is 0 Å². The summed E-state index contributed by atoms with van der Waals surface area (Å²) >= 11 is 1.44. The second kappa shape index (κ2) is 8.25. The van der Waals surface area contributed by atoms with Crippen LogP contribution >= 0.6 is 11.3 Å². The number of ketones is 1. The van der Waals surface area contributed by atoms with Crippen molar-refractivity contribution in [3.8, 4) is 0 Å². The summed E-state index contributed by atoms with van der Waals surface area (Å²) in [6.45, 7) is 1.43. The first-order valence-corrected chi connectivity index (χ1v) is 8.36. The summed E-state index contributed by atoms with van der Waals surface area (Å²) in [5.74, 6) is -1.73. The van der Waals surface area contributed by atoms with Crippen LogP contribution in [0.25, 0.3) is 6.08 Å². The number of aromatic nitrogens is 2. The van der Waals surface area contributed by atoms with Gasteiger partial charge in [0.25, 0.3) is 5.56 Å². The molecule has 9 heteroatoms. The van der Waals surface area contributed by atoms with Crippen molar-refractivity contribution in [1.82, 2.24) is 9.55 Å². The van der Waals surface area contributed by atoms with Gasteiger partial charge in [0.2, 0.25) is 5.78 Å². The number of H-pyrrole nitrogens is 1. The van der Waals surface area contributed by atoms with Gasteiger partial charge in [0.15, 0.2) is 6.61 Å². The van der Waals surface area contributed by atoms with Crippen LogP contribution in [0.4, 0.5) is 5.82 Å². The molecule has 0 radical (unpaired) electrons. The molecule has 2 aromatic rings. The van der Waals surface area contributed by atoms with Gasteiger partial charge in [0.05, 0.1) is 0 Å². The van der Waals surface area contributed by atoms with E-state index in [0.29, 0.717) is 6.42 Å². The van der Waals surface area contributed by atoms with Crippen LogP contribution in [-0.2, 0) is 16.1 Å². The molecule has 8 nitrogen and oxygen atoms in total. The van der Waals surface area contributed by atoms with Crippen LogP contribution in [0.5, 0.6) is 0 Å². The lowest BCUT2D eigenvalue weighted by Gasteiger charge is -2.10. The number of aromatic amines is 1. The minimum atomic E-state index is -0.898. The van der Waals surface area contributed by atoms with Gasteiger partial charge < -0.3 is 10.5 Å². The van der Waals surface area contributed by atoms with Crippen LogP contribution in [0, 0.1) is 0 Å². The van der Waals surface area contributed by atoms with Gasteiger partial charge in [-0.3, -0.25) is 19.1 Å². The number of carbonyl (C=O) groups is 2. The molecule has 0 aliphatic carbocycles. The highest BCUT2D eigenvalue weighted by Gasteiger charge is 2.20. The number of rotatable bonds is 7. The number of anilines is 1. The highest BCUT2D eigenvalue weighted by atomic mass is 32.1. The van der Waals surface area contributed by atoms with E-state index >= 15 is 0 Å². The molecule has 2 aromatic heterocycles. The molecule has 0 spiro atoms. The smallest absolute Gasteiger partial charge is 0.331 e. The lowest BCUT2D eigenvalue weighted by Crippen LogP contribution is -2.37. The number of hydrogen-bond donors (Lipinski definition) is 2. The van der Waals surface area contributed by atoms with Crippen LogP contribution in [0.15, 0.2) is 33.2 Å². The van der Waals surface area contributed by atoms with E-state index in [0.717, 1.165) is 9.44 Å². The van der Waals surface area contributed by atoms with Crippen LogP contribution < -0.4 is 17.0 Å². The van der Waals surface area contributed by atoms with Crippen LogP contribution in [-0.4, -0.2) is 27.9 Å². The molecule has 0 fully saturated rings. The molecule has 0 aliphatic heterocycles. The average Bonchev–Trinajstić information content (AvgIpc) is 3.08. The lowest BCUT2D eigenvalue weighted by molar-refractivity contribution is -0.136. The quantitative estimate of drug-likeness (QED) is 0.430. The third-order valence-electron chi connectivity index (χ3n) is 3.24. The van der Waals surface area contributed by atoms with Crippen molar-refractivity contribution in [1.29, 1.82) is 0 Å². The second-order valence-corrected chi connectivity index (χ2v) is 6.03. The SMILES string of the molecule is CCCn1c(N)c(C(=O)COC(=O)/C=C/c2cccs2)c(=O)[nH]c1=O. The van der Waals surface area contributed by atoms with Crippen molar-refractivity contribution >= 4 is 35.0 Å². The molecule has 132 valence electrons. The van der Waals surface area contributed by atoms with Gasteiger partial charge >= 0.3 is 11.7 Å². The van der Waals surface area contributed by atoms with Crippen molar-refractivity contribution in [2.45, 2.75) is 19.9 Å². The first-order chi connectivity index (χ1) is 11.9. The summed E-state index contributed by atoms with van der Waals surface area (Å²) in [5.41, 5.74) is 3.80. The first kappa shape index (κ1) is 18.4. The number of hydrogen-bond acceptors (Lipinski definition) is 7. The molecule has 0 aromatic carbocycles. The van der Waals surface area contributed by atoms with E-state index in [4.69, 9.17) is 10.5 Å². The number of carbonyl (C=O) groups excluding carboxylic acids is 2. The normalized spacial score (nSPS) is 10.9. The Morgan fingerprint density at radius 2 is 2.16 bits per heavy atom. The zero-order valence-electron chi connectivity index (χ0n) is 13.5. The lowest BCUT2D eigenvalue weighted by atomic mass is 10.2. The summed E-state index contributed by atoms with van der Waals surface area (Å²) in [4.78, 5) is 50.3. The number of nitrogen functional groups attached to an aromatic ring is 1. The van der Waals surface area contributed by atoms with E-state index in [1.807, 2.05) is 29.4 Å². The number of esters is 1. The van der Waals surface area contributed by atoms with E-state index in [2.05, 4.69) is 0 Å². The second-order valence-electron chi connectivity index (χ2n) is 5.05. The Morgan fingerprint density at radius 3 is 2.80 bits per heavy atom. The first-order valence-electron chi connectivity index (χ1n) is 7.48.